The van der Waals surface area contributed by atoms with Crippen LogP contribution in [0.1, 0.15) is 5.56 Å². The van der Waals surface area contributed by atoms with Gasteiger partial charge in [0.2, 0.25) is 0 Å². The molecule has 0 aliphatic heterocycles. The standard InChI is InChI=1S/C13H7Br2N3O6/c14-9-3-6(5-16-20)11(12(15)13(9)19)8-2-1-7(17(21)22)4-10(8)18(23)24/h1-5,19-20H. The molecule has 0 aliphatic carbocycles. The summed E-state index contributed by atoms with van der Waals surface area (Å²) in [6.07, 6.45) is 1.02. The quantitative estimate of drug-likeness (QED) is 0.303. The Balaban J connectivity index is 2.88. The Labute approximate surface area is 150 Å². The average Bonchev–Trinajstić information content (AvgIpc) is 2.52. The molecule has 2 rings (SSSR count). The van der Waals surface area contributed by atoms with Crippen LogP contribution in [-0.2, 0) is 0 Å². The predicted octanol–water partition coefficient (Wildman–Crippen LogP) is 4.21. The van der Waals surface area contributed by atoms with Crippen LogP contribution in [0.25, 0.3) is 11.1 Å². The van der Waals surface area contributed by atoms with E-state index < -0.39 is 21.2 Å². The molecule has 0 amide bonds. The Morgan fingerprint density at radius 3 is 2.33 bits per heavy atom. The molecule has 0 fully saturated rings. The number of phenolic OH excluding ortho intramolecular Hbond substituents is 1. The molecule has 24 heavy (non-hydrogen) atoms. The molecule has 0 radical (unpaired) electrons. The van der Waals surface area contributed by atoms with Gasteiger partial charge in [-0.1, -0.05) is 5.16 Å². The number of nitro groups is 2. The van der Waals surface area contributed by atoms with Crippen molar-refractivity contribution in [3.05, 3.63) is 59.0 Å². The largest absolute Gasteiger partial charge is 0.506 e. The summed E-state index contributed by atoms with van der Waals surface area (Å²) >= 11 is 6.24. The zero-order chi connectivity index (χ0) is 18.0. The van der Waals surface area contributed by atoms with E-state index >= 15 is 0 Å². The lowest BCUT2D eigenvalue weighted by Gasteiger charge is -2.12. The van der Waals surface area contributed by atoms with Crippen molar-refractivity contribution in [1.29, 1.82) is 0 Å². The van der Waals surface area contributed by atoms with Crippen molar-refractivity contribution in [3.8, 4) is 16.9 Å². The van der Waals surface area contributed by atoms with Gasteiger partial charge in [-0.3, -0.25) is 20.2 Å². The lowest BCUT2D eigenvalue weighted by Crippen LogP contribution is -1.98. The Kier molecular flexibility index (Phi) is 5.14. The Hall–Kier alpha value is -2.53. The van der Waals surface area contributed by atoms with Crippen LogP contribution in [0.2, 0.25) is 0 Å². The van der Waals surface area contributed by atoms with E-state index in [0.29, 0.717) is 0 Å². The van der Waals surface area contributed by atoms with E-state index in [1.165, 1.54) is 12.1 Å². The highest BCUT2D eigenvalue weighted by molar-refractivity contribution is 9.11. The molecule has 0 atom stereocenters. The summed E-state index contributed by atoms with van der Waals surface area (Å²) in [6, 6.07) is 4.51. The molecule has 0 saturated heterocycles. The summed E-state index contributed by atoms with van der Waals surface area (Å²) in [5, 5.41) is 43.9. The molecule has 0 bridgehead atoms. The highest BCUT2D eigenvalue weighted by atomic mass is 79.9. The first-order chi connectivity index (χ1) is 11.3. The number of hydrogen-bond donors (Lipinski definition) is 2. The summed E-state index contributed by atoms with van der Waals surface area (Å²) in [5.41, 5.74) is -0.573. The number of hydrogen-bond acceptors (Lipinski definition) is 7. The van der Waals surface area contributed by atoms with Crippen molar-refractivity contribution in [2.75, 3.05) is 0 Å². The van der Waals surface area contributed by atoms with E-state index in [-0.39, 0.29) is 31.4 Å². The monoisotopic (exact) mass is 459 g/mol. The third kappa shape index (κ3) is 3.21. The van der Waals surface area contributed by atoms with Gasteiger partial charge in [0, 0.05) is 17.2 Å². The highest BCUT2D eigenvalue weighted by Crippen LogP contribution is 2.45. The molecule has 2 aromatic carbocycles. The molecule has 2 N–H and O–H groups in total. The van der Waals surface area contributed by atoms with Crippen LogP contribution in [-0.4, -0.2) is 26.4 Å². The predicted molar refractivity (Wildman–Crippen MR) is 91.6 cm³/mol. The van der Waals surface area contributed by atoms with E-state index in [4.69, 9.17) is 5.21 Å². The second kappa shape index (κ2) is 6.93. The van der Waals surface area contributed by atoms with Crippen LogP contribution in [0.4, 0.5) is 11.4 Å². The minimum Gasteiger partial charge on any atom is -0.506 e. The fraction of sp³-hybridized carbons (Fsp3) is 0. The number of aromatic hydroxyl groups is 1. The molecule has 0 heterocycles. The van der Waals surface area contributed by atoms with Crippen molar-refractivity contribution in [2.45, 2.75) is 0 Å². The molecule has 0 unspecified atom stereocenters. The van der Waals surface area contributed by atoms with Crippen LogP contribution in [0.5, 0.6) is 5.75 Å². The van der Waals surface area contributed by atoms with Gasteiger partial charge in [0.1, 0.15) is 5.75 Å². The van der Waals surface area contributed by atoms with Crippen molar-refractivity contribution < 1.29 is 20.2 Å². The zero-order valence-corrected chi connectivity index (χ0v) is 14.7. The summed E-state index contributed by atoms with van der Waals surface area (Å²) in [5.74, 6) is -0.229. The number of halogens is 2. The molecule has 124 valence electrons. The lowest BCUT2D eigenvalue weighted by molar-refractivity contribution is -0.393. The van der Waals surface area contributed by atoms with E-state index in [0.717, 1.165) is 18.3 Å². The first-order valence-electron chi connectivity index (χ1n) is 6.09. The highest BCUT2D eigenvalue weighted by Gasteiger charge is 2.25. The lowest BCUT2D eigenvalue weighted by atomic mass is 9.98. The maximum atomic E-state index is 11.3. The van der Waals surface area contributed by atoms with Gasteiger partial charge < -0.3 is 10.3 Å². The molecule has 0 saturated carbocycles. The number of nitro benzene ring substituents is 2. The van der Waals surface area contributed by atoms with Gasteiger partial charge in [-0.25, -0.2) is 0 Å². The molecule has 0 aromatic heterocycles. The van der Waals surface area contributed by atoms with Crippen LogP contribution < -0.4 is 0 Å². The normalized spacial score (nSPS) is 10.9. The smallest absolute Gasteiger partial charge is 0.284 e. The molecule has 0 spiro atoms. The summed E-state index contributed by atoms with van der Waals surface area (Å²) in [7, 11) is 0. The van der Waals surface area contributed by atoms with Gasteiger partial charge >= 0.3 is 0 Å². The Bertz CT molecular complexity index is 884. The van der Waals surface area contributed by atoms with E-state index in [1.807, 2.05) is 0 Å². The Morgan fingerprint density at radius 2 is 1.79 bits per heavy atom. The third-order valence-electron chi connectivity index (χ3n) is 3.08. The summed E-state index contributed by atoms with van der Waals surface area (Å²) in [6.45, 7) is 0. The molecule has 2 aromatic rings. The van der Waals surface area contributed by atoms with Gasteiger partial charge in [-0.15, -0.1) is 0 Å². The molecule has 9 nitrogen and oxygen atoms in total. The minimum absolute atomic E-state index is 0.00942. The first kappa shape index (κ1) is 17.8. The minimum atomic E-state index is -0.770. The topological polar surface area (TPSA) is 139 Å². The van der Waals surface area contributed by atoms with Crippen molar-refractivity contribution in [2.24, 2.45) is 5.16 Å². The Morgan fingerprint density at radius 1 is 1.12 bits per heavy atom. The number of phenols is 1. The average molecular weight is 461 g/mol. The molecular formula is C13H7Br2N3O6. The van der Waals surface area contributed by atoms with Crippen molar-refractivity contribution >= 4 is 49.4 Å². The van der Waals surface area contributed by atoms with E-state index in [1.54, 1.807) is 0 Å². The van der Waals surface area contributed by atoms with E-state index in [9.17, 15) is 25.3 Å². The van der Waals surface area contributed by atoms with Gasteiger partial charge in [0.05, 0.1) is 36.6 Å². The van der Waals surface area contributed by atoms with Gasteiger partial charge in [-0.2, -0.15) is 0 Å². The van der Waals surface area contributed by atoms with Crippen LogP contribution in [0, 0.1) is 20.2 Å². The maximum Gasteiger partial charge on any atom is 0.284 e. The molecular weight excluding hydrogens is 454 g/mol. The molecule has 0 aliphatic rings. The fourth-order valence-electron chi connectivity index (χ4n) is 2.06. The number of rotatable bonds is 4. The number of nitrogens with zero attached hydrogens (tertiary/aromatic N) is 3. The zero-order valence-electron chi connectivity index (χ0n) is 11.5. The fourth-order valence-corrected chi connectivity index (χ4v) is 3.43. The number of oxime groups is 1. The van der Waals surface area contributed by atoms with Gasteiger partial charge in [0.15, 0.2) is 0 Å². The van der Waals surface area contributed by atoms with Gasteiger partial charge in [-0.05, 0) is 44.0 Å². The second-order valence-corrected chi connectivity index (χ2v) is 6.09. The van der Waals surface area contributed by atoms with E-state index in [2.05, 4.69) is 37.0 Å². The van der Waals surface area contributed by atoms with Crippen molar-refractivity contribution in [1.82, 2.24) is 0 Å². The number of benzene rings is 2. The number of non-ortho nitro benzene ring substituents is 1. The van der Waals surface area contributed by atoms with Crippen LogP contribution >= 0.6 is 31.9 Å². The van der Waals surface area contributed by atoms with Crippen LogP contribution in [0.3, 0.4) is 0 Å². The third-order valence-corrected chi connectivity index (χ3v) is 4.46. The first-order valence-corrected chi connectivity index (χ1v) is 7.68. The summed E-state index contributed by atoms with van der Waals surface area (Å²) < 4.78 is 0.362. The van der Waals surface area contributed by atoms with Crippen molar-refractivity contribution in [3.63, 3.8) is 0 Å². The SMILES string of the molecule is O=[N+]([O-])c1ccc(-c2c(C=NO)cc(Br)c(O)c2Br)c([N+](=O)[O-])c1. The maximum absolute atomic E-state index is 11.3. The van der Waals surface area contributed by atoms with Crippen LogP contribution in [0.15, 0.2) is 38.4 Å². The molecule has 11 heteroatoms. The summed E-state index contributed by atoms with van der Waals surface area (Å²) in [4.78, 5) is 20.6. The second-order valence-electron chi connectivity index (χ2n) is 4.45. The van der Waals surface area contributed by atoms with Gasteiger partial charge in [0.25, 0.3) is 11.4 Å².